The van der Waals surface area contributed by atoms with Gasteiger partial charge in [0.2, 0.25) is 0 Å². The number of methoxy groups -OCH3 is 1. The minimum absolute atomic E-state index is 0.0806. The van der Waals surface area contributed by atoms with Gasteiger partial charge in [-0.15, -0.1) is 0 Å². The quantitative estimate of drug-likeness (QED) is 0.464. The van der Waals surface area contributed by atoms with E-state index in [1.807, 2.05) is 0 Å². The Bertz CT molecular complexity index is 766. The van der Waals surface area contributed by atoms with Gasteiger partial charge in [0, 0.05) is 43.8 Å². The van der Waals surface area contributed by atoms with Crippen LogP contribution in [0.25, 0.3) is 0 Å². The fraction of sp³-hybridized carbons (Fsp3) is 0.316. The van der Waals surface area contributed by atoms with E-state index in [0.717, 1.165) is 31.6 Å². The molecule has 1 aliphatic heterocycles. The number of carbonyl (C=O) groups excluding carboxylic acids is 1. The van der Waals surface area contributed by atoms with Crippen LogP contribution in [0.2, 0.25) is 0 Å². The molecule has 0 aliphatic carbocycles. The minimum atomic E-state index is -0.408. The maximum atomic E-state index is 12.2. The first-order valence-corrected chi connectivity index (χ1v) is 8.41. The van der Waals surface area contributed by atoms with Gasteiger partial charge in [0.1, 0.15) is 11.9 Å². The van der Waals surface area contributed by atoms with Crippen LogP contribution in [0.4, 0.5) is 11.4 Å². The van der Waals surface area contributed by atoms with Crippen LogP contribution in [0.15, 0.2) is 48.5 Å². The van der Waals surface area contributed by atoms with Crippen molar-refractivity contribution >= 4 is 17.3 Å². The number of esters is 1. The zero-order valence-electron chi connectivity index (χ0n) is 14.5. The minimum Gasteiger partial charge on any atom is -0.497 e. The van der Waals surface area contributed by atoms with Crippen LogP contribution in [0.5, 0.6) is 5.75 Å². The lowest BCUT2D eigenvalue weighted by Gasteiger charge is -2.33. The number of rotatable bonds is 5. The van der Waals surface area contributed by atoms with E-state index in [4.69, 9.17) is 9.47 Å². The van der Waals surface area contributed by atoms with Crippen LogP contribution in [0, 0.1) is 10.1 Å². The van der Waals surface area contributed by atoms with Crippen molar-refractivity contribution in [1.29, 1.82) is 0 Å². The number of nitro groups is 1. The summed E-state index contributed by atoms with van der Waals surface area (Å²) in [5, 5.41) is 10.7. The lowest BCUT2D eigenvalue weighted by Crippen LogP contribution is -2.37. The topological polar surface area (TPSA) is 81.9 Å². The first-order valence-electron chi connectivity index (χ1n) is 8.41. The number of non-ortho nitro benzene ring substituents is 1. The highest BCUT2D eigenvalue weighted by Crippen LogP contribution is 2.24. The number of nitrogens with zero attached hydrogens (tertiary/aromatic N) is 2. The Morgan fingerprint density at radius 3 is 2.23 bits per heavy atom. The molecule has 1 aliphatic rings. The summed E-state index contributed by atoms with van der Waals surface area (Å²) in [6.07, 6.45) is 1.32. The van der Waals surface area contributed by atoms with E-state index in [9.17, 15) is 14.9 Å². The van der Waals surface area contributed by atoms with E-state index in [0.29, 0.717) is 11.3 Å². The zero-order valence-corrected chi connectivity index (χ0v) is 14.5. The molecule has 0 bridgehead atoms. The average Bonchev–Trinajstić information content (AvgIpc) is 2.68. The highest BCUT2D eigenvalue weighted by Gasteiger charge is 2.23. The second-order valence-electron chi connectivity index (χ2n) is 6.09. The van der Waals surface area contributed by atoms with E-state index < -0.39 is 4.92 Å². The number of nitro benzene ring substituents is 1. The highest BCUT2D eigenvalue weighted by atomic mass is 16.6. The van der Waals surface area contributed by atoms with Gasteiger partial charge in [0.25, 0.3) is 5.69 Å². The van der Waals surface area contributed by atoms with Crippen LogP contribution in [-0.4, -0.2) is 37.2 Å². The highest BCUT2D eigenvalue weighted by molar-refractivity contribution is 5.89. The number of piperidine rings is 1. The molecule has 7 nitrogen and oxygen atoms in total. The van der Waals surface area contributed by atoms with Crippen molar-refractivity contribution in [2.24, 2.45) is 0 Å². The van der Waals surface area contributed by atoms with Crippen LogP contribution in [0.3, 0.4) is 0 Å². The Hall–Kier alpha value is -3.09. The van der Waals surface area contributed by atoms with Gasteiger partial charge in [-0.2, -0.15) is 0 Å². The van der Waals surface area contributed by atoms with Crippen molar-refractivity contribution in [2.75, 3.05) is 25.1 Å². The molecule has 2 aromatic carbocycles. The molecule has 1 saturated heterocycles. The third-order valence-corrected chi connectivity index (χ3v) is 4.47. The summed E-state index contributed by atoms with van der Waals surface area (Å²) in [5.74, 6) is 0.361. The summed E-state index contributed by atoms with van der Waals surface area (Å²) in [4.78, 5) is 24.7. The first-order chi connectivity index (χ1) is 12.6. The molecule has 2 aromatic rings. The summed E-state index contributed by atoms with van der Waals surface area (Å²) in [6.45, 7) is 1.47. The van der Waals surface area contributed by atoms with E-state index in [1.54, 1.807) is 43.5 Å². The molecule has 1 heterocycles. The van der Waals surface area contributed by atoms with Crippen molar-refractivity contribution in [3.8, 4) is 5.75 Å². The smallest absolute Gasteiger partial charge is 0.338 e. The molecule has 1 fully saturated rings. The molecule has 136 valence electrons. The summed E-state index contributed by atoms with van der Waals surface area (Å²) in [7, 11) is 1.58. The van der Waals surface area contributed by atoms with Gasteiger partial charge in [-0.05, 0) is 36.4 Å². The Labute approximate surface area is 151 Å². The summed E-state index contributed by atoms with van der Waals surface area (Å²) in [5.41, 5.74) is 1.52. The van der Waals surface area contributed by atoms with Crippen LogP contribution in [-0.2, 0) is 4.74 Å². The number of carbonyl (C=O) groups is 1. The summed E-state index contributed by atoms with van der Waals surface area (Å²) < 4.78 is 10.7. The Morgan fingerprint density at radius 2 is 1.69 bits per heavy atom. The number of ether oxygens (including phenoxy) is 2. The average molecular weight is 356 g/mol. The Balaban J connectivity index is 1.53. The van der Waals surface area contributed by atoms with E-state index in [2.05, 4.69) is 4.90 Å². The summed E-state index contributed by atoms with van der Waals surface area (Å²) >= 11 is 0. The normalized spacial score (nSPS) is 14.7. The number of hydrogen-bond donors (Lipinski definition) is 0. The molecular formula is C19H20N2O5. The number of hydrogen-bond acceptors (Lipinski definition) is 6. The Kier molecular flexibility index (Phi) is 5.36. The molecule has 0 amide bonds. The van der Waals surface area contributed by atoms with E-state index >= 15 is 0 Å². The molecule has 26 heavy (non-hydrogen) atoms. The van der Waals surface area contributed by atoms with Gasteiger partial charge in [-0.25, -0.2) is 4.79 Å². The molecule has 3 rings (SSSR count). The number of benzene rings is 2. The molecule has 0 unspecified atom stereocenters. The van der Waals surface area contributed by atoms with Crippen LogP contribution < -0.4 is 9.64 Å². The van der Waals surface area contributed by atoms with Crippen LogP contribution in [0.1, 0.15) is 23.2 Å². The maximum absolute atomic E-state index is 12.2. The van der Waals surface area contributed by atoms with Gasteiger partial charge < -0.3 is 14.4 Å². The second-order valence-corrected chi connectivity index (χ2v) is 6.09. The van der Waals surface area contributed by atoms with Crippen molar-refractivity contribution < 1.29 is 19.2 Å². The van der Waals surface area contributed by atoms with Crippen molar-refractivity contribution in [3.05, 3.63) is 64.2 Å². The molecule has 0 radical (unpaired) electrons. The molecule has 7 heteroatoms. The predicted octanol–water partition coefficient (Wildman–Crippen LogP) is 3.43. The zero-order chi connectivity index (χ0) is 18.5. The lowest BCUT2D eigenvalue weighted by molar-refractivity contribution is -0.384. The van der Waals surface area contributed by atoms with E-state index in [-0.39, 0.29) is 17.8 Å². The van der Waals surface area contributed by atoms with Gasteiger partial charge in [0.15, 0.2) is 0 Å². The molecule has 0 saturated carbocycles. The fourth-order valence-corrected chi connectivity index (χ4v) is 2.96. The van der Waals surface area contributed by atoms with Crippen molar-refractivity contribution in [1.82, 2.24) is 0 Å². The third kappa shape index (κ3) is 4.11. The largest absolute Gasteiger partial charge is 0.497 e. The fourth-order valence-electron chi connectivity index (χ4n) is 2.96. The molecular weight excluding hydrogens is 336 g/mol. The van der Waals surface area contributed by atoms with Gasteiger partial charge in [0.05, 0.1) is 17.6 Å². The third-order valence-electron chi connectivity index (χ3n) is 4.47. The van der Waals surface area contributed by atoms with Crippen molar-refractivity contribution in [3.63, 3.8) is 0 Å². The predicted molar refractivity (Wildman–Crippen MR) is 96.7 cm³/mol. The Morgan fingerprint density at radius 1 is 1.08 bits per heavy atom. The standard InChI is InChI=1S/C19H20N2O5/c1-25-17-8-2-14(3-9-17)19(22)26-18-10-12-20(13-11-18)15-4-6-16(7-5-15)21(23)24/h2-9,18H,10-13H2,1H3. The van der Waals surface area contributed by atoms with Gasteiger partial charge in [-0.3, -0.25) is 10.1 Å². The van der Waals surface area contributed by atoms with Gasteiger partial charge in [-0.1, -0.05) is 0 Å². The molecule has 0 spiro atoms. The molecule has 0 atom stereocenters. The number of anilines is 1. The first kappa shape index (κ1) is 17.7. The maximum Gasteiger partial charge on any atom is 0.338 e. The van der Waals surface area contributed by atoms with Crippen LogP contribution >= 0.6 is 0 Å². The SMILES string of the molecule is COc1ccc(C(=O)OC2CCN(c3ccc([N+](=O)[O-])cc3)CC2)cc1. The molecule has 0 aromatic heterocycles. The van der Waals surface area contributed by atoms with Crippen molar-refractivity contribution in [2.45, 2.75) is 18.9 Å². The second kappa shape index (κ2) is 7.86. The lowest BCUT2D eigenvalue weighted by atomic mass is 10.1. The monoisotopic (exact) mass is 356 g/mol. The van der Waals surface area contributed by atoms with Gasteiger partial charge >= 0.3 is 5.97 Å². The van der Waals surface area contributed by atoms with E-state index in [1.165, 1.54) is 12.1 Å². The summed E-state index contributed by atoms with van der Waals surface area (Å²) in [6, 6.07) is 13.3. The molecule has 0 N–H and O–H groups in total.